The number of carbonyl (C=O) groups is 1. The molecule has 2 aromatic heterocycles. The summed E-state index contributed by atoms with van der Waals surface area (Å²) in [6.07, 6.45) is 4.55. The highest BCUT2D eigenvalue weighted by Gasteiger charge is 2.30. The summed E-state index contributed by atoms with van der Waals surface area (Å²) in [5.74, 6) is 1.09. The summed E-state index contributed by atoms with van der Waals surface area (Å²) in [5.41, 5.74) is 1.84. The van der Waals surface area contributed by atoms with E-state index >= 15 is 0 Å². The van der Waals surface area contributed by atoms with E-state index in [-0.39, 0.29) is 11.9 Å². The molecular formula is C20H20N4O2. The molecule has 0 N–H and O–H groups in total. The number of hydrogen-bond acceptors (Lipinski definition) is 5. The number of rotatable bonds is 5. The quantitative estimate of drug-likeness (QED) is 0.706. The van der Waals surface area contributed by atoms with E-state index in [1.54, 1.807) is 6.20 Å². The van der Waals surface area contributed by atoms with Gasteiger partial charge in [0.1, 0.15) is 0 Å². The fourth-order valence-electron chi connectivity index (χ4n) is 3.36. The van der Waals surface area contributed by atoms with Crippen LogP contribution in [0.15, 0.2) is 59.1 Å². The second-order valence-electron chi connectivity index (χ2n) is 6.37. The molecule has 3 aromatic rings. The van der Waals surface area contributed by atoms with Gasteiger partial charge in [-0.1, -0.05) is 24.3 Å². The van der Waals surface area contributed by atoms with Gasteiger partial charge in [0.2, 0.25) is 17.7 Å². The highest BCUT2D eigenvalue weighted by atomic mass is 16.4. The van der Waals surface area contributed by atoms with Gasteiger partial charge in [0, 0.05) is 31.1 Å². The highest BCUT2D eigenvalue weighted by molar-refractivity contribution is 5.77. The van der Waals surface area contributed by atoms with Gasteiger partial charge in [-0.05, 0) is 37.1 Å². The van der Waals surface area contributed by atoms with Gasteiger partial charge in [0.05, 0.1) is 11.7 Å². The van der Waals surface area contributed by atoms with Crippen molar-refractivity contribution >= 4 is 5.91 Å². The summed E-state index contributed by atoms with van der Waals surface area (Å²) in [5, 5.41) is 8.14. The smallest absolute Gasteiger partial charge is 0.247 e. The van der Waals surface area contributed by atoms with E-state index in [2.05, 4.69) is 15.2 Å². The Balaban J connectivity index is 1.39. The van der Waals surface area contributed by atoms with Crippen molar-refractivity contribution in [2.45, 2.75) is 31.7 Å². The Morgan fingerprint density at radius 3 is 2.77 bits per heavy atom. The number of pyridine rings is 1. The van der Waals surface area contributed by atoms with Crippen LogP contribution < -0.4 is 0 Å². The maximum absolute atomic E-state index is 12.7. The fourth-order valence-corrected chi connectivity index (χ4v) is 3.36. The maximum atomic E-state index is 12.7. The average molecular weight is 348 g/mol. The predicted octanol–water partition coefficient (Wildman–Crippen LogP) is 3.43. The molecule has 6 heteroatoms. The van der Waals surface area contributed by atoms with Gasteiger partial charge in [-0.15, -0.1) is 10.2 Å². The minimum Gasteiger partial charge on any atom is -0.421 e. The largest absolute Gasteiger partial charge is 0.421 e. The lowest BCUT2D eigenvalue weighted by molar-refractivity contribution is -0.132. The zero-order valence-corrected chi connectivity index (χ0v) is 14.4. The molecule has 1 aliphatic rings. The maximum Gasteiger partial charge on any atom is 0.247 e. The Morgan fingerprint density at radius 2 is 1.96 bits per heavy atom. The standard InChI is InChI=1S/C20H20N4O2/c25-19(24-14-6-10-17(24)16-9-4-5-13-21-16)12-11-18-22-23-20(26-18)15-7-2-1-3-8-15/h1-5,7-9,13,17H,6,10-12,14H2. The SMILES string of the molecule is O=C(CCc1nnc(-c2ccccc2)o1)N1CCCC1c1ccccn1. The van der Waals surface area contributed by atoms with Crippen molar-refractivity contribution in [1.82, 2.24) is 20.1 Å². The van der Waals surface area contributed by atoms with Crippen molar-refractivity contribution in [2.75, 3.05) is 6.54 Å². The van der Waals surface area contributed by atoms with E-state index in [0.717, 1.165) is 30.6 Å². The van der Waals surface area contributed by atoms with E-state index < -0.39 is 0 Å². The lowest BCUT2D eigenvalue weighted by Crippen LogP contribution is -2.31. The number of aromatic nitrogens is 3. The van der Waals surface area contributed by atoms with Gasteiger partial charge in [-0.3, -0.25) is 9.78 Å². The minimum absolute atomic E-state index is 0.0752. The van der Waals surface area contributed by atoms with Crippen molar-refractivity contribution in [3.8, 4) is 11.5 Å². The third-order valence-electron chi connectivity index (χ3n) is 4.64. The first kappa shape index (κ1) is 16.4. The number of carbonyl (C=O) groups excluding carboxylic acids is 1. The lowest BCUT2D eigenvalue weighted by atomic mass is 10.1. The van der Waals surface area contributed by atoms with Crippen LogP contribution in [0.2, 0.25) is 0 Å². The zero-order chi connectivity index (χ0) is 17.8. The predicted molar refractivity (Wildman–Crippen MR) is 96.0 cm³/mol. The molecule has 1 saturated heterocycles. The fraction of sp³-hybridized carbons (Fsp3) is 0.300. The topological polar surface area (TPSA) is 72.1 Å². The first-order valence-electron chi connectivity index (χ1n) is 8.89. The van der Waals surface area contributed by atoms with Crippen LogP contribution in [0.1, 0.15) is 36.9 Å². The Bertz CT molecular complexity index is 864. The van der Waals surface area contributed by atoms with Crippen LogP contribution in [0.3, 0.4) is 0 Å². The number of likely N-dealkylation sites (tertiary alicyclic amines) is 1. The Morgan fingerprint density at radius 1 is 1.12 bits per heavy atom. The molecule has 1 aliphatic heterocycles. The Kier molecular flexibility index (Phi) is 4.73. The molecule has 1 amide bonds. The van der Waals surface area contributed by atoms with E-state index in [1.807, 2.05) is 53.4 Å². The molecule has 1 atom stereocenters. The van der Waals surface area contributed by atoms with Crippen molar-refractivity contribution in [2.24, 2.45) is 0 Å². The number of aryl methyl sites for hydroxylation is 1. The molecule has 0 spiro atoms. The molecule has 132 valence electrons. The number of benzene rings is 1. The monoisotopic (exact) mass is 348 g/mol. The van der Waals surface area contributed by atoms with Crippen LogP contribution in [0.5, 0.6) is 0 Å². The van der Waals surface area contributed by atoms with Gasteiger partial charge in [-0.2, -0.15) is 0 Å². The normalized spacial score (nSPS) is 16.8. The van der Waals surface area contributed by atoms with Crippen LogP contribution in [0.4, 0.5) is 0 Å². The molecule has 1 aromatic carbocycles. The second-order valence-corrected chi connectivity index (χ2v) is 6.37. The molecule has 0 saturated carbocycles. The lowest BCUT2D eigenvalue weighted by Gasteiger charge is -2.24. The van der Waals surface area contributed by atoms with E-state index in [9.17, 15) is 4.79 Å². The zero-order valence-electron chi connectivity index (χ0n) is 14.4. The molecule has 0 aliphatic carbocycles. The molecule has 26 heavy (non-hydrogen) atoms. The third-order valence-corrected chi connectivity index (χ3v) is 4.64. The van der Waals surface area contributed by atoms with Gasteiger partial charge in [0.25, 0.3) is 0 Å². The summed E-state index contributed by atoms with van der Waals surface area (Å²) in [7, 11) is 0. The van der Waals surface area contributed by atoms with Gasteiger partial charge in [-0.25, -0.2) is 0 Å². The molecule has 1 fully saturated rings. The van der Waals surface area contributed by atoms with Gasteiger partial charge < -0.3 is 9.32 Å². The summed E-state index contributed by atoms with van der Waals surface area (Å²) < 4.78 is 5.69. The summed E-state index contributed by atoms with van der Waals surface area (Å²) in [6, 6.07) is 15.5. The average Bonchev–Trinajstić information content (AvgIpc) is 3.37. The van der Waals surface area contributed by atoms with Crippen molar-refractivity contribution < 1.29 is 9.21 Å². The highest BCUT2D eigenvalue weighted by Crippen LogP contribution is 2.31. The summed E-state index contributed by atoms with van der Waals surface area (Å²) in [6.45, 7) is 0.777. The van der Waals surface area contributed by atoms with Crippen LogP contribution in [0, 0.1) is 0 Å². The van der Waals surface area contributed by atoms with E-state index in [4.69, 9.17) is 4.42 Å². The van der Waals surface area contributed by atoms with Crippen LogP contribution in [-0.4, -0.2) is 32.5 Å². The van der Waals surface area contributed by atoms with E-state index in [0.29, 0.717) is 24.6 Å². The van der Waals surface area contributed by atoms with Crippen molar-refractivity contribution in [3.63, 3.8) is 0 Å². The van der Waals surface area contributed by atoms with Gasteiger partial charge in [0.15, 0.2) is 0 Å². The molecule has 4 rings (SSSR count). The molecular weight excluding hydrogens is 328 g/mol. The molecule has 6 nitrogen and oxygen atoms in total. The first-order valence-corrected chi connectivity index (χ1v) is 8.89. The minimum atomic E-state index is 0.0752. The van der Waals surface area contributed by atoms with E-state index in [1.165, 1.54) is 0 Å². The first-order chi connectivity index (χ1) is 12.8. The van der Waals surface area contributed by atoms with Crippen molar-refractivity contribution in [3.05, 3.63) is 66.3 Å². The van der Waals surface area contributed by atoms with Crippen LogP contribution in [-0.2, 0) is 11.2 Å². The summed E-state index contributed by atoms with van der Waals surface area (Å²) in [4.78, 5) is 19.0. The Hall–Kier alpha value is -3.02. The number of amides is 1. The van der Waals surface area contributed by atoms with Crippen LogP contribution in [0.25, 0.3) is 11.5 Å². The number of hydrogen-bond donors (Lipinski definition) is 0. The third kappa shape index (κ3) is 3.49. The molecule has 3 heterocycles. The van der Waals surface area contributed by atoms with Gasteiger partial charge >= 0.3 is 0 Å². The molecule has 1 unspecified atom stereocenters. The molecule has 0 bridgehead atoms. The van der Waals surface area contributed by atoms with Crippen LogP contribution >= 0.6 is 0 Å². The molecule has 0 radical (unpaired) electrons. The van der Waals surface area contributed by atoms with Crippen molar-refractivity contribution in [1.29, 1.82) is 0 Å². The Labute approximate surface area is 151 Å². The second kappa shape index (κ2) is 7.47. The summed E-state index contributed by atoms with van der Waals surface area (Å²) >= 11 is 0. The number of nitrogens with zero attached hydrogens (tertiary/aromatic N) is 4.